The molecule has 6 heteroatoms. The van der Waals surface area contributed by atoms with Crippen molar-refractivity contribution in [1.82, 2.24) is 15.2 Å². The van der Waals surface area contributed by atoms with Gasteiger partial charge in [0.15, 0.2) is 0 Å². The first-order chi connectivity index (χ1) is 7.66. The lowest BCUT2D eigenvalue weighted by Crippen LogP contribution is -2.15. The van der Waals surface area contributed by atoms with Gasteiger partial charge < -0.3 is 5.73 Å². The lowest BCUT2D eigenvalue weighted by molar-refractivity contribution is 0.102. The third-order valence-corrected chi connectivity index (χ3v) is 2.10. The molecule has 0 bridgehead atoms. The highest BCUT2D eigenvalue weighted by Crippen LogP contribution is 2.14. The molecule has 0 aliphatic heterocycles. The van der Waals surface area contributed by atoms with Crippen LogP contribution in [0.4, 0.5) is 11.6 Å². The van der Waals surface area contributed by atoms with Crippen molar-refractivity contribution in [1.29, 1.82) is 0 Å². The monoisotopic (exact) mass is 217 g/mol. The van der Waals surface area contributed by atoms with Crippen molar-refractivity contribution in [3.63, 3.8) is 0 Å². The van der Waals surface area contributed by atoms with Crippen LogP contribution in [0.1, 0.15) is 15.9 Å². The molecule has 0 saturated heterocycles. The molecular formula is C10H11N5O. The lowest BCUT2D eigenvalue weighted by atomic mass is 10.1. The number of aryl methyl sites for hydroxylation is 1. The van der Waals surface area contributed by atoms with Crippen LogP contribution >= 0.6 is 0 Å². The minimum absolute atomic E-state index is 0.297. The van der Waals surface area contributed by atoms with Crippen LogP contribution in [-0.2, 0) is 0 Å². The predicted octanol–water partition coefficient (Wildman–Crippen LogP) is 0.948. The van der Waals surface area contributed by atoms with Gasteiger partial charge in [0, 0.05) is 5.69 Å². The van der Waals surface area contributed by atoms with Crippen molar-refractivity contribution < 1.29 is 4.79 Å². The van der Waals surface area contributed by atoms with E-state index in [4.69, 9.17) is 5.73 Å². The van der Waals surface area contributed by atoms with E-state index in [2.05, 4.69) is 20.5 Å². The number of anilines is 2. The molecule has 6 nitrogen and oxygen atoms in total. The number of nitrogens with two attached hydrogens (primary N) is 1. The topological polar surface area (TPSA) is 96.7 Å². The van der Waals surface area contributed by atoms with Crippen molar-refractivity contribution in [2.75, 3.05) is 11.1 Å². The number of benzene rings is 1. The van der Waals surface area contributed by atoms with Gasteiger partial charge in [0.25, 0.3) is 5.91 Å². The standard InChI is InChI=1S/C10H11N5O/c1-6-2-3-8(11)7(4-6)9(16)14-10-12-5-13-15-10/h2-5H,11H2,1H3,(H2,12,13,14,15,16). The molecule has 0 fully saturated rings. The second kappa shape index (κ2) is 4.01. The Morgan fingerprint density at radius 1 is 1.50 bits per heavy atom. The van der Waals surface area contributed by atoms with E-state index in [0.29, 0.717) is 17.2 Å². The number of carbonyl (C=O) groups excluding carboxylic acids is 1. The van der Waals surface area contributed by atoms with E-state index in [1.807, 2.05) is 13.0 Å². The molecule has 1 amide bonds. The minimum atomic E-state index is -0.307. The quantitative estimate of drug-likeness (QED) is 0.652. The second-order valence-electron chi connectivity index (χ2n) is 3.38. The Morgan fingerprint density at radius 3 is 3.00 bits per heavy atom. The van der Waals surface area contributed by atoms with Gasteiger partial charge in [-0.25, -0.2) is 5.10 Å². The van der Waals surface area contributed by atoms with Gasteiger partial charge in [0.2, 0.25) is 5.95 Å². The fraction of sp³-hybridized carbons (Fsp3) is 0.100. The highest BCUT2D eigenvalue weighted by Gasteiger charge is 2.10. The van der Waals surface area contributed by atoms with Gasteiger partial charge in [0.1, 0.15) is 6.33 Å². The van der Waals surface area contributed by atoms with Crippen LogP contribution in [0.15, 0.2) is 24.5 Å². The van der Waals surface area contributed by atoms with Gasteiger partial charge in [0.05, 0.1) is 5.56 Å². The van der Waals surface area contributed by atoms with E-state index >= 15 is 0 Å². The van der Waals surface area contributed by atoms with E-state index in [9.17, 15) is 4.79 Å². The molecule has 0 atom stereocenters. The summed E-state index contributed by atoms with van der Waals surface area (Å²) in [6, 6.07) is 5.27. The molecule has 82 valence electrons. The number of nitrogen functional groups attached to an aromatic ring is 1. The molecule has 2 aromatic rings. The second-order valence-corrected chi connectivity index (χ2v) is 3.38. The van der Waals surface area contributed by atoms with Gasteiger partial charge >= 0.3 is 0 Å². The van der Waals surface area contributed by atoms with Crippen LogP contribution in [0, 0.1) is 6.92 Å². The maximum atomic E-state index is 11.8. The van der Waals surface area contributed by atoms with Gasteiger partial charge in [-0.1, -0.05) is 11.6 Å². The number of carbonyl (C=O) groups is 1. The summed E-state index contributed by atoms with van der Waals surface area (Å²) in [7, 11) is 0. The largest absolute Gasteiger partial charge is 0.398 e. The number of H-pyrrole nitrogens is 1. The SMILES string of the molecule is Cc1ccc(N)c(C(=O)Nc2ncn[nH]2)c1. The van der Waals surface area contributed by atoms with Crippen molar-refractivity contribution in [2.24, 2.45) is 0 Å². The maximum absolute atomic E-state index is 11.8. The zero-order valence-corrected chi connectivity index (χ0v) is 8.69. The summed E-state index contributed by atoms with van der Waals surface area (Å²) in [6.45, 7) is 1.89. The Kier molecular flexibility index (Phi) is 2.55. The Balaban J connectivity index is 2.24. The summed E-state index contributed by atoms with van der Waals surface area (Å²) >= 11 is 0. The third kappa shape index (κ3) is 2.00. The summed E-state index contributed by atoms with van der Waals surface area (Å²) in [5, 5.41) is 8.72. The number of rotatable bonds is 2. The van der Waals surface area contributed by atoms with Crippen LogP contribution in [0.3, 0.4) is 0 Å². The number of aromatic amines is 1. The highest BCUT2D eigenvalue weighted by atomic mass is 16.1. The fourth-order valence-corrected chi connectivity index (χ4v) is 1.31. The molecule has 0 aliphatic carbocycles. The van der Waals surface area contributed by atoms with Crippen molar-refractivity contribution >= 4 is 17.5 Å². The molecule has 16 heavy (non-hydrogen) atoms. The highest BCUT2D eigenvalue weighted by molar-refractivity contribution is 6.07. The Hall–Kier alpha value is -2.37. The molecular weight excluding hydrogens is 206 g/mol. The number of amides is 1. The number of nitrogens with one attached hydrogen (secondary N) is 2. The van der Waals surface area contributed by atoms with E-state index in [-0.39, 0.29) is 5.91 Å². The zero-order valence-electron chi connectivity index (χ0n) is 8.69. The van der Waals surface area contributed by atoms with Crippen LogP contribution in [0.5, 0.6) is 0 Å². The average molecular weight is 217 g/mol. The van der Waals surface area contributed by atoms with Gasteiger partial charge in [-0.3, -0.25) is 10.1 Å². The average Bonchev–Trinajstić information content (AvgIpc) is 2.74. The Labute approximate surface area is 91.9 Å². The molecule has 1 aromatic carbocycles. The van der Waals surface area contributed by atoms with Crippen molar-refractivity contribution in [2.45, 2.75) is 6.92 Å². The van der Waals surface area contributed by atoms with Gasteiger partial charge in [-0.15, -0.1) is 0 Å². The Morgan fingerprint density at radius 2 is 2.31 bits per heavy atom. The zero-order chi connectivity index (χ0) is 11.5. The normalized spacial score (nSPS) is 10.1. The molecule has 1 heterocycles. The molecule has 0 saturated carbocycles. The molecule has 2 rings (SSSR count). The van der Waals surface area contributed by atoms with E-state index in [1.54, 1.807) is 12.1 Å². The fourth-order valence-electron chi connectivity index (χ4n) is 1.31. The first-order valence-electron chi connectivity index (χ1n) is 4.69. The smallest absolute Gasteiger partial charge is 0.260 e. The number of aromatic nitrogens is 3. The maximum Gasteiger partial charge on any atom is 0.260 e. The summed E-state index contributed by atoms with van der Waals surface area (Å²) in [4.78, 5) is 15.6. The van der Waals surface area contributed by atoms with Crippen LogP contribution in [-0.4, -0.2) is 21.1 Å². The molecule has 0 unspecified atom stereocenters. The minimum Gasteiger partial charge on any atom is -0.398 e. The van der Waals surface area contributed by atoms with E-state index in [1.165, 1.54) is 6.33 Å². The first kappa shape index (κ1) is 10.2. The summed E-state index contributed by atoms with van der Waals surface area (Å²) in [5.41, 5.74) is 7.54. The van der Waals surface area contributed by atoms with E-state index < -0.39 is 0 Å². The molecule has 4 N–H and O–H groups in total. The van der Waals surface area contributed by atoms with Crippen molar-refractivity contribution in [3.8, 4) is 0 Å². The molecule has 0 radical (unpaired) electrons. The molecule has 1 aromatic heterocycles. The van der Waals surface area contributed by atoms with Crippen LogP contribution < -0.4 is 11.1 Å². The molecule has 0 aliphatic rings. The number of hydrogen-bond acceptors (Lipinski definition) is 4. The summed E-state index contributed by atoms with van der Waals surface area (Å²) in [5.74, 6) is -0.0103. The lowest BCUT2D eigenvalue weighted by Gasteiger charge is -2.05. The van der Waals surface area contributed by atoms with Gasteiger partial charge in [-0.05, 0) is 19.1 Å². The van der Waals surface area contributed by atoms with Gasteiger partial charge in [-0.2, -0.15) is 10.1 Å². The summed E-state index contributed by atoms with van der Waals surface area (Å²) in [6.07, 6.45) is 1.31. The van der Waals surface area contributed by atoms with Crippen LogP contribution in [0.25, 0.3) is 0 Å². The summed E-state index contributed by atoms with van der Waals surface area (Å²) < 4.78 is 0. The number of hydrogen-bond donors (Lipinski definition) is 3. The third-order valence-electron chi connectivity index (χ3n) is 2.10. The van der Waals surface area contributed by atoms with E-state index in [0.717, 1.165) is 5.56 Å². The predicted molar refractivity (Wildman–Crippen MR) is 59.9 cm³/mol. The van der Waals surface area contributed by atoms with Crippen LogP contribution in [0.2, 0.25) is 0 Å². The van der Waals surface area contributed by atoms with Crippen molar-refractivity contribution in [3.05, 3.63) is 35.7 Å². The Bertz CT molecular complexity index is 506. The number of nitrogens with zero attached hydrogens (tertiary/aromatic N) is 2. The first-order valence-corrected chi connectivity index (χ1v) is 4.69. The molecule has 0 spiro atoms.